The van der Waals surface area contributed by atoms with Crippen LogP contribution in [0.1, 0.15) is 19.3 Å². The molecule has 2 aliphatic heterocycles. The molecule has 0 N–H and O–H groups in total. The molecule has 2 heterocycles. The van der Waals surface area contributed by atoms with Crippen LogP contribution in [0.25, 0.3) is 0 Å². The van der Waals surface area contributed by atoms with E-state index in [1.165, 1.54) is 0 Å². The molecule has 96 valence electrons. The van der Waals surface area contributed by atoms with Crippen LogP contribution in [0.3, 0.4) is 0 Å². The van der Waals surface area contributed by atoms with E-state index < -0.39 is 0 Å². The molecule has 0 aromatic rings. The molecule has 0 unspecified atom stereocenters. The maximum Gasteiger partial charge on any atom is 0.319 e. The van der Waals surface area contributed by atoms with E-state index in [1.807, 2.05) is 16.8 Å². The number of likely N-dealkylation sites (tertiary alicyclic amines) is 2. The molecule has 0 aromatic carbocycles. The fourth-order valence-electron chi connectivity index (χ4n) is 2.87. The summed E-state index contributed by atoms with van der Waals surface area (Å²) in [6, 6.07) is 0.0543. The average molecular weight is 239 g/mol. The van der Waals surface area contributed by atoms with Crippen LogP contribution in [0.2, 0.25) is 0 Å². The molecule has 3 amide bonds. The number of amides is 3. The minimum Gasteiger partial charge on any atom is -0.345 e. The van der Waals surface area contributed by atoms with Crippen molar-refractivity contribution in [3.8, 4) is 0 Å². The van der Waals surface area contributed by atoms with Gasteiger partial charge in [0.05, 0.1) is 5.41 Å². The number of hydrogen-bond acceptors (Lipinski definition) is 2. The van der Waals surface area contributed by atoms with Gasteiger partial charge >= 0.3 is 6.03 Å². The summed E-state index contributed by atoms with van der Waals surface area (Å²) in [7, 11) is 5.40. The van der Waals surface area contributed by atoms with Crippen LogP contribution in [0, 0.1) is 5.41 Å². The van der Waals surface area contributed by atoms with Crippen LogP contribution in [-0.4, -0.2) is 67.4 Å². The third-order valence-electron chi connectivity index (χ3n) is 4.10. The van der Waals surface area contributed by atoms with Crippen molar-refractivity contribution in [1.82, 2.24) is 14.7 Å². The van der Waals surface area contributed by atoms with Crippen LogP contribution < -0.4 is 0 Å². The first-order valence-corrected chi connectivity index (χ1v) is 6.18. The zero-order chi connectivity index (χ0) is 12.6. The lowest BCUT2D eigenvalue weighted by Crippen LogP contribution is -2.49. The Morgan fingerprint density at radius 1 is 1.18 bits per heavy atom. The lowest BCUT2D eigenvalue weighted by atomic mass is 9.77. The number of urea groups is 1. The first-order valence-electron chi connectivity index (χ1n) is 6.18. The van der Waals surface area contributed by atoms with Crippen molar-refractivity contribution in [1.29, 1.82) is 0 Å². The molecule has 5 nitrogen and oxygen atoms in total. The van der Waals surface area contributed by atoms with Gasteiger partial charge in [0.2, 0.25) is 5.91 Å². The molecule has 0 aliphatic carbocycles. The van der Waals surface area contributed by atoms with Crippen LogP contribution in [0.15, 0.2) is 0 Å². The molecule has 0 bridgehead atoms. The van der Waals surface area contributed by atoms with Crippen molar-refractivity contribution >= 4 is 11.9 Å². The maximum atomic E-state index is 12.1. The number of carbonyl (C=O) groups excluding carboxylic acids is 2. The fourth-order valence-corrected chi connectivity index (χ4v) is 2.87. The SMILES string of the molecule is CN(C)C(=O)N1CCC2(CCN(C)C2=O)CC1. The van der Waals surface area contributed by atoms with Gasteiger partial charge in [-0.1, -0.05) is 0 Å². The summed E-state index contributed by atoms with van der Waals surface area (Å²) in [5, 5.41) is 0. The Labute approximate surface area is 102 Å². The van der Waals surface area contributed by atoms with E-state index in [0.29, 0.717) is 13.1 Å². The summed E-state index contributed by atoms with van der Waals surface area (Å²) in [5.41, 5.74) is -0.169. The predicted molar refractivity (Wildman–Crippen MR) is 64.6 cm³/mol. The number of carbonyl (C=O) groups is 2. The second-order valence-corrected chi connectivity index (χ2v) is 5.42. The van der Waals surface area contributed by atoms with E-state index in [2.05, 4.69) is 0 Å². The summed E-state index contributed by atoms with van der Waals surface area (Å²) in [5.74, 6) is 0.273. The summed E-state index contributed by atoms with van der Waals surface area (Å²) >= 11 is 0. The molecule has 2 saturated heterocycles. The van der Waals surface area contributed by atoms with Crippen molar-refractivity contribution in [2.45, 2.75) is 19.3 Å². The summed E-state index contributed by atoms with van der Waals surface area (Å²) in [6.07, 6.45) is 2.58. The van der Waals surface area contributed by atoms with E-state index in [-0.39, 0.29) is 17.4 Å². The van der Waals surface area contributed by atoms with Crippen molar-refractivity contribution in [2.24, 2.45) is 5.41 Å². The highest BCUT2D eigenvalue weighted by atomic mass is 16.2. The van der Waals surface area contributed by atoms with Gasteiger partial charge in [-0.05, 0) is 19.3 Å². The number of nitrogens with zero attached hydrogens (tertiary/aromatic N) is 3. The third-order valence-corrected chi connectivity index (χ3v) is 4.10. The Morgan fingerprint density at radius 2 is 1.71 bits per heavy atom. The van der Waals surface area contributed by atoms with Crippen LogP contribution >= 0.6 is 0 Å². The molecule has 2 rings (SSSR count). The van der Waals surface area contributed by atoms with E-state index in [1.54, 1.807) is 19.0 Å². The first-order chi connectivity index (χ1) is 7.96. The number of piperidine rings is 1. The molecular formula is C12H21N3O2. The molecule has 1 spiro atoms. The number of hydrogen-bond donors (Lipinski definition) is 0. The van der Waals surface area contributed by atoms with E-state index in [9.17, 15) is 9.59 Å². The summed E-state index contributed by atoms with van der Waals surface area (Å²) in [4.78, 5) is 29.2. The van der Waals surface area contributed by atoms with E-state index in [4.69, 9.17) is 0 Å². The molecule has 0 radical (unpaired) electrons. The average Bonchev–Trinajstić information content (AvgIpc) is 2.59. The van der Waals surface area contributed by atoms with Gasteiger partial charge < -0.3 is 14.7 Å². The quantitative estimate of drug-likeness (QED) is 0.622. The molecule has 2 aliphatic rings. The summed E-state index contributed by atoms with van der Waals surface area (Å²) < 4.78 is 0. The van der Waals surface area contributed by atoms with Gasteiger partial charge in [-0.15, -0.1) is 0 Å². The van der Waals surface area contributed by atoms with Crippen LogP contribution in [-0.2, 0) is 4.79 Å². The Bertz CT molecular complexity index is 333. The largest absolute Gasteiger partial charge is 0.345 e. The lowest BCUT2D eigenvalue weighted by molar-refractivity contribution is -0.137. The van der Waals surface area contributed by atoms with E-state index in [0.717, 1.165) is 25.8 Å². The zero-order valence-electron chi connectivity index (χ0n) is 10.9. The minimum absolute atomic E-state index is 0.0543. The van der Waals surface area contributed by atoms with Gasteiger partial charge in [0, 0.05) is 40.8 Å². The molecule has 0 saturated carbocycles. The number of rotatable bonds is 0. The topological polar surface area (TPSA) is 43.9 Å². The molecule has 0 aromatic heterocycles. The van der Waals surface area contributed by atoms with Gasteiger partial charge in [0.25, 0.3) is 0 Å². The molecular weight excluding hydrogens is 218 g/mol. The molecule has 2 fully saturated rings. The highest BCUT2D eigenvalue weighted by Gasteiger charge is 2.47. The van der Waals surface area contributed by atoms with Gasteiger partial charge in [-0.3, -0.25) is 4.79 Å². The standard InChI is InChI=1S/C12H21N3O2/c1-13(2)11(17)15-8-5-12(6-9-15)4-7-14(3)10(12)16/h4-9H2,1-3H3. The van der Waals surface area contributed by atoms with Crippen molar-refractivity contribution in [2.75, 3.05) is 40.8 Å². The fraction of sp³-hybridized carbons (Fsp3) is 0.833. The van der Waals surface area contributed by atoms with Crippen molar-refractivity contribution in [3.63, 3.8) is 0 Å². The first kappa shape index (κ1) is 12.2. The third kappa shape index (κ3) is 1.98. The lowest BCUT2D eigenvalue weighted by Gasteiger charge is -2.38. The Morgan fingerprint density at radius 3 is 2.12 bits per heavy atom. The Balaban J connectivity index is 1.99. The van der Waals surface area contributed by atoms with Gasteiger partial charge in [-0.2, -0.15) is 0 Å². The zero-order valence-corrected chi connectivity index (χ0v) is 10.9. The van der Waals surface area contributed by atoms with Gasteiger partial charge in [0.1, 0.15) is 0 Å². The molecule has 0 atom stereocenters. The van der Waals surface area contributed by atoms with Crippen LogP contribution in [0.4, 0.5) is 4.79 Å². The summed E-state index contributed by atoms with van der Waals surface area (Å²) in [6.45, 7) is 2.27. The Kier molecular flexibility index (Phi) is 3.02. The van der Waals surface area contributed by atoms with Crippen LogP contribution in [0.5, 0.6) is 0 Å². The van der Waals surface area contributed by atoms with Gasteiger partial charge in [-0.25, -0.2) is 4.79 Å². The van der Waals surface area contributed by atoms with Crippen molar-refractivity contribution < 1.29 is 9.59 Å². The Hall–Kier alpha value is -1.26. The highest BCUT2D eigenvalue weighted by molar-refractivity contribution is 5.85. The highest BCUT2D eigenvalue weighted by Crippen LogP contribution is 2.40. The van der Waals surface area contributed by atoms with Gasteiger partial charge in [0.15, 0.2) is 0 Å². The monoisotopic (exact) mass is 239 g/mol. The predicted octanol–water partition coefficient (Wildman–Crippen LogP) is 0.612. The smallest absolute Gasteiger partial charge is 0.319 e. The normalized spacial score (nSPS) is 23.4. The van der Waals surface area contributed by atoms with E-state index >= 15 is 0 Å². The molecule has 17 heavy (non-hydrogen) atoms. The second-order valence-electron chi connectivity index (χ2n) is 5.42. The molecule has 5 heteroatoms. The van der Waals surface area contributed by atoms with Crippen molar-refractivity contribution in [3.05, 3.63) is 0 Å². The maximum absolute atomic E-state index is 12.1. The minimum atomic E-state index is -0.169. The second kappa shape index (κ2) is 4.20.